The summed E-state index contributed by atoms with van der Waals surface area (Å²) in [5.41, 5.74) is 8.05. The Balaban J connectivity index is 0.00000176. The molecule has 1 atom stereocenters. The molecule has 1 heterocycles. The Hall–Kier alpha value is -0.360. The highest BCUT2D eigenvalue weighted by molar-refractivity contribution is 8.16. The Labute approximate surface area is 147 Å². The summed E-state index contributed by atoms with van der Waals surface area (Å²) in [5.74, 6) is 3.08. The van der Waals surface area contributed by atoms with Crippen molar-refractivity contribution >= 4 is 41.8 Å². The molecule has 0 aromatic heterocycles. The van der Waals surface area contributed by atoms with E-state index in [2.05, 4.69) is 17.4 Å². The van der Waals surface area contributed by atoms with Gasteiger partial charge in [-0.15, -0.1) is 35.9 Å². The number of thioether (sulfide) groups is 2. The molecule has 3 rings (SSSR count). The predicted octanol–water partition coefficient (Wildman–Crippen LogP) is 3.44. The van der Waals surface area contributed by atoms with E-state index in [1.165, 1.54) is 36.3 Å². The summed E-state index contributed by atoms with van der Waals surface area (Å²) < 4.78 is 0.527. The largest absolute Gasteiger partial charge is 0.350 e. The lowest BCUT2D eigenvalue weighted by molar-refractivity contribution is 0.0950. The molecule has 1 aromatic rings. The number of rotatable bonds is 5. The predicted molar refractivity (Wildman–Crippen MR) is 99.0 cm³/mol. The molecule has 0 bridgehead atoms. The smallest absolute Gasteiger partial charge is 0.251 e. The number of benzene rings is 1. The second-order valence-corrected chi connectivity index (χ2v) is 8.48. The van der Waals surface area contributed by atoms with Crippen LogP contribution in [0.25, 0.3) is 0 Å². The Morgan fingerprint density at radius 3 is 2.45 bits per heavy atom. The van der Waals surface area contributed by atoms with Crippen molar-refractivity contribution in [3.05, 3.63) is 35.4 Å². The maximum Gasteiger partial charge on any atom is 0.251 e. The van der Waals surface area contributed by atoms with Gasteiger partial charge < -0.3 is 11.1 Å². The van der Waals surface area contributed by atoms with E-state index in [1.54, 1.807) is 0 Å². The standard InChI is InChI=1S/C16H22N2OS2.ClH/c17-14(11-2-3-11)10-18-15(19)12-4-6-13(7-5-12)16-20-8-1-9-21-16;/h4-7,11,14,16H,1-3,8-10,17H2,(H,18,19);1H. The van der Waals surface area contributed by atoms with Crippen LogP contribution in [0.15, 0.2) is 24.3 Å². The monoisotopic (exact) mass is 358 g/mol. The van der Waals surface area contributed by atoms with Gasteiger partial charge in [-0.05, 0) is 54.4 Å². The topological polar surface area (TPSA) is 55.1 Å². The first-order valence-corrected chi connectivity index (χ1v) is 9.71. The number of hydrogen-bond acceptors (Lipinski definition) is 4. The molecular weight excluding hydrogens is 336 g/mol. The molecule has 3 nitrogen and oxygen atoms in total. The normalized spacial score (nSPS) is 20.0. The van der Waals surface area contributed by atoms with E-state index < -0.39 is 0 Å². The minimum Gasteiger partial charge on any atom is -0.350 e. The molecule has 1 aliphatic carbocycles. The minimum absolute atomic E-state index is 0. The molecule has 2 fully saturated rings. The van der Waals surface area contributed by atoms with E-state index >= 15 is 0 Å². The van der Waals surface area contributed by atoms with Crippen LogP contribution < -0.4 is 11.1 Å². The summed E-state index contributed by atoms with van der Waals surface area (Å²) in [6, 6.07) is 8.16. The van der Waals surface area contributed by atoms with Crippen LogP contribution >= 0.6 is 35.9 Å². The van der Waals surface area contributed by atoms with Crippen molar-refractivity contribution in [1.82, 2.24) is 5.32 Å². The van der Waals surface area contributed by atoms with E-state index in [-0.39, 0.29) is 24.4 Å². The van der Waals surface area contributed by atoms with Crippen LogP contribution in [0.4, 0.5) is 0 Å². The number of amides is 1. The third kappa shape index (κ3) is 4.82. The number of halogens is 1. The van der Waals surface area contributed by atoms with Gasteiger partial charge in [-0.3, -0.25) is 4.79 Å². The zero-order valence-corrected chi connectivity index (χ0v) is 14.9. The van der Waals surface area contributed by atoms with Gasteiger partial charge in [-0.1, -0.05) is 12.1 Å². The van der Waals surface area contributed by atoms with E-state index in [1.807, 2.05) is 35.7 Å². The highest BCUT2D eigenvalue weighted by Gasteiger charge is 2.28. The molecule has 1 saturated heterocycles. The third-order valence-corrected chi connectivity index (χ3v) is 7.01. The maximum atomic E-state index is 12.1. The molecule has 1 aromatic carbocycles. The molecule has 3 N–H and O–H groups in total. The van der Waals surface area contributed by atoms with Crippen molar-refractivity contribution in [2.45, 2.75) is 29.9 Å². The average molecular weight is 359 g/mol. The highest BCUT2D eigenvalue weighted by atomic mass is 35.5. The van der Waals surface area contributed by atoms with Gasteiger partial charge in [0.1, 0.15) is 0 Å². The summed E-state index contributed by atoms with van der Waals surface area (Å²) in [5, 5.41) is 2.94. The Bertz CT molecular complexity index is 487. The van der Waals surface area contributed by atoms with Crippen molar-refractivity contribution in [1.29, 1.82) is 0 Å². The first-order valence-electron chi connectivity index (χ1n) is 7.61. The van der Waals surface area contributed by atoms with Gasteiger partial charge >= 0.3 is 0 Å². The number of carbonyl (C=O) groups is 1. The second kappa shape index (κ2) is 8.48. The lowest BCUT2D eigenvalue weighted by atomic mass is 10.1. The zero-order valence-electron chi connectivity index (χ0n) is 12.5. The minimum atomic E-state index is -0.0124. The molecule has 2 aliphatic rings. The lowest BCUT2D eigenvalue weighted by Crippen LogP contribution is -2.38. The average Bonchev–Trinajstić information content (AvgIpc) is 3.38. The van der Waals surface area contributed by atoms with Gasteiger partial charge in [-0.2, -0.15) is 0 Å². The second-order valence-electron chi connectivity index (χ2n) is 5.76. The molecule has 0 spiro atoms. The fourth-order valence-corrected chi connectivity index (χ4v) is 5.37. The first-order chi connectivity index (χ1) is 10.2. The van der Waals surface area contributed by atoms with Crippen LogP contribution in [0.5, 0.6) is 0 Å². The van der Waals surface area contributed by atoms with Crippen LogP contribution in [-0.4, -0.2) is 30.0 Å². The molecule has 1 unspecified atom stereocenters. The van der Waals surface area contributed by atoms with Crippen molar-refractivity contribution in [3.63, 3.8) is 0 Å². The Morgan fingerprint density at radius 1 is 1.23 bits per heavy atom. The molecule has 6 heteroatoms. The molecule has 0 radical (unpaired) electrons. The van der Waals surface area contributed by atoms with Gasteiger partial charge in [0.15, 0.2) is 0 Å². The van der Waals surface area contributed by atoms with E-state index in [0.29, 0.717) is 17.0 Å². The Kier molecular flexibility index (Phi) is 6.93. The third-order valence-electron chi connectivity index (χ3n) is 4.00. The molecule has 1 saturated carbocycles. The number of nitrogens with two attached hydrogens (primary N) is 1. The lowest BCUT2D eigenvalue weighted by Gasteiger charge is -2.21. The molecule has 1 amide bonds. The number of nitrogens with one attached hydrogen (secondary N) is 1. The molecule has 122 valence electrons. The SMILES string of the molecule is Cl.NC(CNC(=O)c1ccc(C2SCCCS2)cc1)C1CC1. The van der Waals surface area contributed by atoms with E-state index in [4.69, 9.17) is 5.73 Å². The fourth-order valence-electron chi connectivity index (χ4n) is 2.48. The summed E-state index contributed by atoms with van der Waals surface area (Å²) in [4.78, 5) is 12.1. The summed E-state index contributed by atoms with van der Waals surface area (Å²) in [7, 11) is 0. The van der Waals surface area contributed by atoms with Crippen LogP contribution in [0.2, 0.25) is 0 Å². The van der Waals surface area contributed by atoms with Crippen LogP contribution in [0, 0.1) is 5.92 Å². The highest BCUT2D eigenvalue weighted by Crippen LogP contribution is 2.43. The number of hydrogen-bond donors (Lipinski definition) is 2. The van der Waals surface area contributed by atoms with Gasteiger partial charge in [0.2, 0.25) is 0 Å². The summed E-state index contributed by atoms with van der Waals surface area (Å²) >= 11 is 4.00. The Morgan fingerprint density at radius 2 is 1.86 bits per heavy atom. The van der Waals surface area contributed by atoms with Crippen molar-refractivity contribution in [2.75, 3.05) is 18.1 Å². The summed E-state index contributed by atoms with van der Waals surface area (Å²) in [6.07, 6.45) is 3.72. The van der Waals surface area contributed by atoms with Crippen LogP contribution in [0.1, 0.15) is 39.8 Å². The fraction of sp³-hybridized carbons (Fsp3) is 0.562. The summed E-state index contributed by atoms with van der Waals surface area (Å²) in [6.45, 7) is 0.583. The van der Waals surface area contributed by atoms with E-state index in [0.717, 1.165) is 5.56 Å². The van der Waals surface area contributed by atoms with Gasteiger partial charge in [-0.25, -0.2) is 0 Å². The number of carbonyl (C=O) groups excluding carboxylic acids is 1. The van der Waals surface area contributed by atoms with Gasteiger partial charge in [0.05, 0.1) is 4.58 Å². The first kappa shape index (κ1) is 18.0. The van der Waals surface area contributed by atoms with Gasteiger partial charge in [0, 0.05) is 18.2 Å². The maximum absolute atomic E-state index is 12.1. The van der Waals surface area contributed by atoms with Crippen molar-refractivity contribution < 1.29 is 4.79 Å². The molecular formula is C16H23ClN2OS2. The zero-order chi connectivity index (χ0) is 14.7. The quantitative estimate of drug-likeness (QED) is 0.846. The van der Waals surface area contributed by atoms with Crippen molar-refractivity contribution in [2.24, 2.45) is 11.7 Å². The van der Waals surface area contributed by atoms with Crippen LogP contribution in [0.3, 0.4) is 0 Å². The van der Waals surface area contributed by atoms with Gasteiger partial charge in [0.25, 0.3) is 5.91 Å². The van der Waals surface area contributed by atoms with Crippen LogP contribution in [-0.2, 0) is 0 Å². The van der Waals surface area contributed by atoms with Crippen molar-refractivity contribution in [3.8, 4) is 0 Å². The molecule has 22 heavy (non-hydrogen) atoms. The van der Waals surface area contributed by atoms with E-state index in [9.17, 15) is 4.79 Å². The molecule has 1 aliphatic heterocycles.